The second kappa shape index (κ2) is 5.57. The number of rotatable bonds is 2. The van der Waals surface area contributed by atoms with E-state index in [2.05, 4.69) is 0 Å². The highest BCUT2D eigenvalue weighted by atomic mass is 32.2. The van der Waals surface area contributed by atoms with Crippen molar-refractivity contribution in [1.82, 2.24) is 0 Å². The number of benzene rings is 2. The van der Waals surface area contributed by atoms with Crippen molar-refractivity contribution in [1.29, 1.82) is 0 Å². The first-order valence-corrected chi connectivity index (χ1v) is 9.54. The predicted octanol–water partition coefficient (Wildman–Crippen LogP) is 3.14. The minimum Gasteiger partial charge on any atom is -0.253 e. The van der Waals surface area contributed by atoms with Gasteiger partial charge in [-0.2, -0.15) is 8.42 Å². The van der Waals surface area contributed by atoms with Gasteiger partial charge in [-0.3, -0.25) is 8.61 Å². The highest BCUT2D eigenvalue weighted by molar-refractivity contribution is 7.94. The first-order chi connectivity index (χ1) is 11.2. The quantitative estimate of drug-likeness (QED) is 0.850. The van der Waals surface area contributed by atoms with E-state index in [0.717, 1.165) is 48.2 Å². The molecule has 23 heavy (non-hydrogen) atoms. The van der Waals surface area contributed by atoms with Gasteiger partial charge in [0, 0.05) is 13.1 Å². The number of nitrogens with zero attached hydrogens (tertiary/aromatic N) is 2. The molecule has 0 aromatic heterocycles. The van der Waals surface area contributed by atoms with Gasteiger partial charge in [0.25, 0.3) is 0 Å². The van der Waals surface area contributed by atoms with Crippen LogP contribution in [-0.4, -0.2) is 21.5 Å². The third-order valence-corrected chi connectivity index (χ3v) is 6.56. The fraction of sp³-hybridized carbons (Fsp3) is 0.333. The number of aryl methyl sites for hydroxylation is 2. The summed E-state index contributed by atoms with van der Waals surface area (Å²) in [5, 5.41) is 0. The Morgan fingerprint density at radius 1 is 0.696 bits per heavy atom. The summed E-state index contributed by atoms with van der Waals surface area (Å²) in [6, 6.07) is 15.7. The molecule has 0 fully saturated rings. The highest BCUT2D eigenvalue weighted by Crippen LogP contribution is 2.35. The van der Waals surface area contributed by atoms with Crippen molar-refractivity contribution in [3.63, 3.8) is 0 Å². The molecule has 4 nitrogen and oxygen atoms in total. The molecule has 0 bridgehead atoms. The van der Waals surface area contributed by atoms with E-state index < -0.39 is 10.2 Å². The zero-order chi connectivity index (χ0) is 15.9. The maximum absolute atomic E-state index is 13.3. The van der Waals surface area contributed by atoms with E-state index in [1.807, 2.05) is 48.5 Å². The fourth-order valence-corrected chi connectivity index (χ4v) is 5.41. The Kier molecular flexibility index (Phi) is 3.53. The summed E-state index contributed by atoms with van der Waals surface area (Å²) in [5.41, 5.74) is 3.91. The van der Waals surface area contributed by atoms with E-state index in [0.29, 0.717) is 13.1 Å². The van der Waals surface area contributed by atoms with E-state index in [-0.39, 0.29) is 0 Å². The lowest BCUT2D eigenvalue weighted by molar-refractivity contribution is 0.577. The minimum absolute atomic E-state index is 0.554. The van der Waals surface area contributed by atoms with E-state index in [9.17, 15) is 8.42 Å². The molecule has 0 saturated heterocycles. The van der Waals surface area contributed by atoms with Gasteiger partial charge < -0.3 is 0 Å². The van der Waals surface area contributed by atoms with E-state index in [4.69, 9.17) is 0 Å². The van der Waals surface area contributed by atoms with Crippen molar-refractivity contribution in [2.75, 3.05) is 21.7 Å². The molecule has 0 spiro atoms. The van der Waals surface area contributed by atoms with Crippen LogP contribution in [-0.2, 0) is 23.1 Å². The predicted molar refractivity (Wildman–Crippen MR) is 93.1 cm³/mol. The van der Waals surface area contributed by atoms with Crippen LogP contribution in [0.5, 0.6) is 0 Å². The van der Waals surface area contributed by atoms with Crippen LogP contribution >= 0.6 is 0 Å². The minimum atomic E-state index is -3.55. The third-order valence-electron chi connectivity index (χ3n) is 4.69. The fourth-order valence-electron chi connectivity index (χ4n) is 3.60. The second-order valence-electron chi connectivity index (χ2n) is 6.12. The maximum Gasteiger partial charge on any atom is 0.326 e. The Hall–Kier alpha value is -2.01. The van der Waals surface area contributed by atoms with Crippen molar-refractivity contribution < 1.29 is 8.42 Å². The van der Waals surface area contributed by atoms with E-state index in [1.165, 1.54) is 0 Å². The third kappa shape index (κ3) is 2.39. The SMILES string of the molecule is O=S(=O)(N1CCCc2ccccc21)N1CCCc2ccccc21. The molecule has 0 N–H and O–H groups in total. The van der Waals surface area contributed by atoms with Crippen molar-refractivity contribution in [2.45, 2.75) is 25.7 Å². The summed E-state index contributed by atoms with van der Waals surface area (Å²) in [5.74, 6) is 0. The lowest BCUT2D eigenvalue weighted by atomic mass is 10.0. The molecule has 0 saturated carbocycles. The zero-order valence-corrected chi connectivity index (χ0v) is 13.8. The molecule has 4 rings (SSSR count). The molecule has 2 aliphatic rings. The lowest BCUT2D eigenvalue weighted by Crippen LogP contribution is -2.48. The molecule has 0 unspecified atom stereocenters. The monoisotopic (exact) mass is 328 g/mol. The van der Waals surface area contributed by atoms with Crippen LogP contribution in [0.4, 0.5) is 11.4 Å². The van der Waals surface area contributed by atoms with Crippen LogP contribution in [0.15, 0.2) is 48.5 Å². The van der Waals surface area contributed by atoms with Crippen LogP contribution < -0.4 is 8.61 Å². The Bertz CT molecular complexity index is 769. The lowest BCUT2D eigenvalue weighted by Gasteiger charge is -2.38. The van der Waals surface area contributed by atoms with Gasteiger partial charge in [0.2, 0.25) is 0 Å². The zero-order valence-electron chi connectivity index (χ0n) is 13.0. The summed E-state index contributed by atoms with van der Waals surface area (Å²) >= 11 is 0. The number of fused-ring (bicyclic) bond motifs is 2. The average molecular weight is 328 g/mol. The molecule has 5 heteroatoms. The number of anilines is 2. The molecular formula is C18H20N2O2S. The summed E-state index contributed by atoms with van der Waals surface area (Å²) in [6.07, 6.45) is 3.62. The first-order valence-electron chi connectivity index (χ1n) is 8.14. The van der Waals surface area contributed by atoms with Crippen LogP contribution in [0.25, 0.3) is 0 Å². The normalized spacial score (nSPS) is 17.6. The van der Waals surface area contributed by atoms with Crippen molar-refractivity contribution >= 4 is 21.6 Å². The Morgan fingerprint density at radius 2 is 1.13 bits per heavy atom. The standard InChI is InChI=1S/C18H20N2O2S/c21-23(22,19-13-5-9-15-7-1-3-11-17(15)19)20-14-6-10-16-8-2-4-12-18(16)20/h1-4,7-8,11-12H,5-6,9-10,13-14H2. The molecule has 0 atom stereocenters. The molecule has 0 radical (unpaired) electrons. The largest absolute Gasteiger partial charge is 0.326 e. The van der Waals surface area contributed by atoms with Gasteiger partial charge in [-0.1, -0.05) is 36.4 Å². The maximum atomic E-state index is 13.3. The molecule has 120 valence electrons. The van der Waals surface area contributed by atoms with Crippen LogP contribution in [0.3, 0.4) is 0 Å². The van der Waals surface area contributed by atoms with E-state index >= 15 is 0 Å². The van der Waals surface area contributed by atoms with Gasteiger partial charge in [0.05, 0.1) is 11.4 Å². The smallest absolute Gasteiger partial charge is 0.253 e. The van der Waals surface area contributed by atoms with Gasteiger partial charge >= 0.3 is 10.2 Å². The highest BCUT2D eigenvalue weighted by Gasteiger charge is 2.35. The van der Waals surface area contributed by atoms with E-state index in [1.54, 1.807) is 8.61 Å². The van der Waals surface area contributed by atoms with Gasteiger partial charge in [0.1, 0.15) is 0 Å². The topological polar surface area (TPSA) is 40.6 Å². The van der Waals surface area contributed by atoms with Gasteiger partial charge in [-0.05, 0) is 48.9 Å². The van der Waals surface area contributed by atoms with Gasteiger partial charge in [-0.25, -0.2) is 0 Å². The molecule has 2 aromatic rings. The van der Waals surface area contributed by atoms with Crippen molar-refractivity contribution in [3.05, 3.63) is 59.7 Å². The van der Waals surface area contributed by atoms with Crippen LogP contribution in [0.1, 0.15) is 24.0 Å². The summed E-state index contributed by atoms with van der Waals surface area (Å²) in [7, 11) is -3.55. The summed E-state index contributed by atoms with van der Waals surface area (Å²) in [6.45, 7) is 1.11. The number of para-hydroxylation sites is 2. The number of hydrogen-bond acceptors (Lipinski definition) is 2. The summed E-state index contributed by atoms with van der Waals surface area (Å²) in [4.78, 5) is 0. The van der Waals surface area contributed by atoms with Gasteiger partial charge in [-0.15, -0.1) is 0 Å². The first kappa shape index (κ1) is 14.6. The van der Waals surface area contributed by atoms with Crippen molar-refractivity contribution in [3.8, 4) is 0 Å². The molecule has 0 amide bonds. The molecule has 0 aliphatic carbocycles. The van der Waals surface area contributed by atoms with Gasteiger partial charge in [0.15, 0.2) is 0 Å². The molecule has 2 heterocycles. The number of hydrogen-bond donors (Lipinski definition) is 0. The van der Waals surface area contributed by atoms with Crippen LogP contribution in [0, 0.1) is 0 Å². The van der Waals surface area contributed by atoms with Crippen LogP contribution in [0.2, 0.25) is 0 Å². The Morgan fingerprint density at radius 3 is 1.61 bits per heavy atom. The Labute approximate surface area is 137 Å². The molecule has 2 aromatic carbocycles. The average Bonchev–Trinajstić information content (AvgIpc) is 2.60. The van der Waals surface area contributed by atoms with Crippen molar-refractivity contribution in [2.24, 2.45) is 0 Å². The summed E-state index contributed by atoms with van der Waals surface area (Å²) < 4.78 is 29.8. The Balaban J connectivity index is 1.78. The second-order valence-corrected chi connectivity index (χ2v) is 7.89. The molecular weight excluding hydrogens is 308 g/mol. The molecule has 2 aliphatic heterocycles.